The van der Waals surface area contributed by atoms with Crippen LogP contribution in [0.5, 0.6) is 0 Å². The highest BCUT2D eigenvalue weighted by atomic mass is 32.1. The SMILES string of the molecule is C1=C(N(c2ccc3sc4ccccc4c3c2)C2C=c3c(c4ccccc4n3-c3ccccc3)=CC2)CCC(n2c3ccccc3c3c4ccccc4ccc32)=C1. The molecule has 0 bridgehead atoms. The number of hydrogen-bond donors (Lipinski definition) is 0. The Labute approximate surface area is 328 Å². The van der Waals surface area contributed by atoms with E-state index in [1.807, 2.05) is 11.3 Å². The summed E-state index contributed by atoms with van der Waals surface area (Å²) < 4.78 is 7.65. The Balaban J connectivity index is 1.05. The molecule has 0 aliphatic heterocycles. The Hall–Kier alpha value is -6.62. The number of rotatable bonds is 5. The minimum absolute atomic E-state index is 0.137. The van der Waals surface area contributed by atoms with E-state index in [9.17, 15) is 0 Å². The Morgan fingerprint density at radius 1 is 0.536 bits per heavy atom. The van der Waals surface area contributed by atoms with Gasteiger partial charge in [0.1, 0.15) is 0 Å². The third kappa shape index (κ3) is 4.76. The summed E-state index contributed by atoms with van der Waals surface area (Å²) in [5.74, 6) is 0. The van der Waals surface area contributed by atoms with E-state index >= 15 is 0 Å². The molecule has 266 valence electrons. The van der Waals surface area contributed by atoms with E-state index in [0.717, 1.165) is 19.3 Å². The number of para-hydroxylation sites is 3. The van der Waals surface area contributed by atoms with Gasteiger partial charge in [-0.2, -0.15) is 0 Å². The van der Waals surface area contributed by atoms with Gasteiger partial charge in [0, 0.05) is 64.3 Å². The molecule has 0 N–H and O–H groups in total. The minimum atomic E-state index is 0.137. The molecule has 4 heteroatoms. The fourth-order valence-electron chi connectivity index (χ4n) is 9.67. The lowest BCUT2D eigenvalue weighted by Gasteiger charge is -2.36. The number of aromatic nitrogens is 2. The molecule has 56 heavy (non-hydrogen) atoms. The van der Waals surface area contributed by atoms with Crippen molar-refractivity contribution in [2.45, 2.75) is 25.3 Å². The monoisotopic (exact) mass is 735 g/mol. The van der Waals surface area contributed by atoms with Crippen molar-refractivity contribution in [1.29, 1.82) is 0 Å². The zero-order valence-corrected chi connectivity index (χ0v) is 31.6. The normalized spacial score (nSPS) is 15.6. The van der Waals surface area contributed by atoms with E-state index in [2.05, 4.69) is 196 Å². The van der Waals surface area contributed by atoms with E-state index in [-0.39, 0.29) is 6.04 Å². The van der Waals surface area contributed by atoms with Crippen molar-refractivity contribution < 1.29 is 0 Å². The molecule has 0 amide bonds. The molecule has 0 fully saturated rings. The summed E-state index contributed by atoms with van der Waals surface area (Å²) in [6.45, 7) is 0. The highest BCUT2D eigenvalue weighted by Gasteiger charge is 2.27. The predicted octanol–water partition coefficient (Wildman–Crippen LogP) is 12.3. The van der Waals surface area contributed by atoms with Gasteiger partial charge in [-0.3, -0.25) is 0 Å². The summed E-state index contributed by atoms with van der Waals surface area (Å²) in [5, 5.41) is 11.8. The van der Waals surface area contributed by atoms with Gasteiger partial charge in [0.05, 0.1) is 27.9 Å². The molecule has 0 saturated carbocycles. The quantitative estimate of drug-likeness (QED) is 0.172. The highest BCUT2D eigenvalue weighted by molar-refractivity contribution is 7.25. The summed E-state index contributed by atoms with van der Waals surface area (Å²) in [4.78, 5) is 2.64. The van der Waals surface area contributed by atoms with Gasteiger partial charge < -0.3 is 14.0 Å². The van der Waals surface area contributed by atoms with Crippen LogP contribution in [-0.2, 0) is 0 Å². The number of hydrogen-bond acceptors (Lipinski definition) is 2. The molecule has 1 atom stereocenters. The molecule has 2 aliphatic carbocycles. The molecule has 3 aromatic heterocycles. The first-order valence-corrected chi connectivity index (χ1v) is 20.5. The third-order valence-corrected chi connectivity index (χ3v) is 13.3. The topological polar surface area (TPSA) is 13.1 Å². The Morgan fingerprint density at radius 2 is 1.25 bits per heavy atom. The van der Waals surface area contributed by atoms with E-state index in [4.69, 9.17) is 0 Å². The number of benzene rings is 7. The van der Waals surface area contributed by atoms with Gasteiger partial charge in [-0.05, 0) is 103 Å². The lowest BCUT2D eigenvalue weighted by molar-refractivity contribution is 0.750. The maximum absolute atomic E-state index is 2.64. The number of allylic oxidation sites excluding steroid dienone is 4. The first-order chi connectivity index (χ1) is 27.8. The average molecular weight is 736 g/mol. The first kappa shape index (κ1) is 31.7. The van der Waals surface area contributed by atoms with Gasteiger partial charge >= 0.3 is 0 Å². The summed E-state index contributed by atoms with van der Waals surface area (Å²) in [6.07, 6.45) is 12.6. The molecule has 10 aromatic rings. The van der Waals surface area contributed by atoms with Crippen molar-refractivity contribution >= 4 is 98.5 Å². The number of nitrogens with zero attached hydrogens (tertiary/aromatic N) is 3. The average Bonchev–Trinajstić information content (AvgIpc) is 3.92. The molecule has 1 unspecified atom stereocenters. The molecule has 0 saturated heterocycles. The number of anilines is 1. The van der Waals surface area contributed by atoms with Crippen LogP contribution in [0.2, 0.25) is 0 Å². The van der Waals surface area contributed by atoms with Crippen LogP contribution in [0.15, 0.2) is 176 Å². The van der Waals surface area contributed by atoms with Crippen LogP contribution >= 0.6 is 11.3 Å². The van der Waals surface area contributed by atoms with E-state index in [1.54, 1.807) is 0 Å². The van der Waals surface area contributed by atoms with Crippen molar-refractivity contribution in [2.24, 2.45) is 0 Å². The lowest BCUT2D eigenvalue weighted by atomic mass is 9.99. The smallest absolute Gasteiger partial charge is 0.0577 e. The van der Waals surface area contributed by atoms with E-state index < -0.39 is 0 Å². The molecule has 2 aliphatic rings. The van der Waals surface area contributed by atoms with E-state index in [0.29, 0.717) is 0 Å². The second kappa shape index (κ2) is 12.5. The zero-order chi connectivity index (χ0) is 36.7. The summed E-state index contributed by atoms with van der Waals surface area (Å²) >= 11 is 1.88. The number of thiophene rings is 1. The third-order valence-electron chi connectivity index (χ3n) is 12.1. The molecule has 0 spiro atoms. The first-order valence-electron chi connectivity index (χ1n) is 19.7. The van der Waals surface area contributed by atoms with Crippen LogP contribution in [0.25, 0.3) is 87.2 Å². The summed E-state index contributed by atoms with van der Waals surface area (Å²) in [7, 11) is 0. The maximum atomic E-state index is 2.64. The Kier molecular flexibility index (Phi) is 7.05. The summed E-state index contributed by atoms with van der Waals surface area (Å²) in [5.41, 5.74) is 8.91. The van der Waals surface area contributed by atoms with E-state index in [1.165, 1.54) is 97.0 Å². The van der Waals surface area contributed by atoms with Crippen molar-refractivity contribution in [3.05, 3.63) is 186 Å². The summed E-state index contributed by atoms with van der Waals surface area (Å²) in [6, 6.07) is 58.1. The minimum Gasteiger partial charge on any atom is -0.338 e. The largest absolute Gasteiger partial charge is 0.338 e. The van der Waals surface area contributed by atoms with Gasteiger partial charge in [-0.15, -0.1) is 11.3 Å². The molecule has 3 nitrogen and oxygen atoms in total. The van der Waals surface area contributed by atoms with Gasteiger partial charge in [0.2, 0.25) is 0 Å². The van der Waals surface area contributed by atoms with Crippen LogP contribution in [0.3, 0.4) is 0 Å². The molecular formula is C52H37N3S. The Morgan fingerprint density at radius 3 is 2.09 bits per heavy atom. The van der Waals surface area contributed by atoms with Crippen LogP contribution in [0, 0.1) is 0 Å². The fourth-order valence-corrected chi connectivity index (χ4v) is 10.8. The predicted molar refractivity (Wildman–Crippen MR) is 240 cm³/mol. The highest BCUT2D eigenvalue weighted by Crippen LogP contribution is 2.41. The van der Waals surface area contributed by atoms with Crippen LogP contribution in [-0.4, -0.2) is 15.2 Å². The van der Waals surface area contributed by atoms with Gasteiger partial charge in [0.25, 0.3) is 0 Å². The van der Waals surface area contributed by atoms with Crippen molar-refractivity contribution in [1.82, 2.24) is 9.13 Å². The molecular weight excluding hydrogens is 699 g/mol. The zero-order valence-electron chi connectivity index (χ0n) is 30.8. The fraction of sp³-hybridized carbons (Fsp3) is 0.0769. The molecule has 3 heterocycles. The molecule has 12 rings (SSSR count). The second-order valence-electron chi connectivity index (χ2n) is 15.2. The van der Waals surface area contributed by atoms with Crippen molar-refractivity contribution in [3.63, 3.8) is 0 Å². The van der Waals surface area contributed by atoms with Crippen LogP contribution < -0.4 is 15.5 Å². The Bertz CT molecular complexity index is 3410. The van der Waals surface area contributed by atoms with Crippen LogP contribution in [0.4, 0.5) is 5.69 Å². The standard InChI is InChI=1S/C52H37N3S/c1-2-13-35(14-3-1)55-46-19-9-6-16-41(46)42-29-27-39(33-49(42)55)53(38-28-31-51-45(32-38)43-17-8-11-21-50(43)56-51)36-23-25-37(26-24-36)54-47-20-10-7-18-44(47)52-40-15-5-4-12-34(40)22-30-48(52)54/h1-23,25,28-33,39H,24,26-27H2. The van der Waals surface area contributed by atoms with Crippen molar-refractivity contribution in [3.8, 4) is 5.69 Å². The van der Waals surface area contributed by atoms with Crippen LogP contribution in [0.1, 0.15) is 19.3 Å². The van der Waals surface area contributed by atoms with Gasteiger partial charge in [0.15, 0.2) is 0 Å². The molecule has 7 aromatic carbocycles. The number of fused-ring (bicyclic) bond motifs is 11. The molecule has 0 radical (unpaired) electrons. The lowest BCUT2D eigenvalue weighted by Crippen LogP contribution is -2.41. The second-order valence-corrected chi connectivity index (χ2v) is 16.2. The van der Waals surface area contributed by atoms with Gasteiger partial charge in [-0.25, -0.2) is 0 Å². The van der Waals surface area contributed by atoms with Gasteiger partial charge in [-0.1, -0.05) is 109 Å². The van der Waals surface area contributed by atoms with Crippen molar-refractivity contribution in [2.75, 3.05) is 4.90 Å². The maximum Gasteiger partial charge on any atom is 0.0577 e.